The van der Waals surface area contributed by atoms with Gasteiger partial charge in [0.25, 0.3) is 0 Å². The van der Waals surface area contributed by atoms with Crippen molar-refractivity contribution in [2.24, 2.45) is 5.92 Å². The van der Waals surface area contributed by atoms with E-state index >= 15 is 0 Å². The van der Waals surface area contributed by atoms with Gasteiger partial charge in [0.15, 0.2) is 11.5 Å². The van der Waals surface area contributed by atoms with Crippen molar-refractivity contribution >= 4 is 5.97 Å². The molecule has 3 aromatic rings. The fraction of sp³-hybridized carbons (Fsp3) is 0.367. The first-order chi connectivity index (χ1) is 18.6. The Morgan fingerprint density at radius 1 is 0.868 bits per heavy atom. The van der Waals surface area contributed by atoms with E-state index in [2.05, 4.69) is 6.92 Å². The summed E-state index contributed by atoms with van der Waals surface area (Å²) in [5.74, 6) is 1.55. The Labute approximate surface area is 222 Å². The van der Waals surface area contributed by atoms with Gasteiger partial charge in [-0.2, -0.15) is 0 Å². The van der Waals surface area contributed by atoms with E-state index in [0.29, 0.717) is 29.6 Å². The predicted molar refractivity (Wildman–Crippen MR) is 140 cm³/mol. The Morgan fingerprint density at radius 2 is 1.66 bits per heavy atom. The molecule has 1 heterocycles. The lowest BCUT2D eigenvalue weighted by atomic mass is 9.79. The summed E-state index contributed by atoms with van der Waals surface area (Å²) >= 11 is 0. The van der Waals surface area contributed by atoms with Crippen LogP contribution in [0.15, 0.2) is 54.6 Å². The van der Waals surface area contributed by atoms with Crippen molar-refractivity contribution in [1.82, 2.24) is 0 Å². The number of esters is 1. The summed E-state index contributed by atoms with van der Waals surface area (Å²) in [7, 11) is 2.99. The maximum absolute atomic E-state index is 13.6. The molecule has 1 aliphatic carbocycles. The van der Waals surface area contributed by atoms with Crippen molar-refractivity contribution < 1.29 is 38.3 Å². The average molecular weight is 521 g/mol. The Kier molecular flexibility index (Phi) is 7.60. The first-order valence-corrected chi connectivity index (χ1v) is 12.7. The van der Waals surface area contributed by atoms with Crippen LogP contribution < -0.4 is 23.7 Å². The van der Waals surface area contributed by atoms with E-state index in [0.717, 1.165) is 34.4 Å². The first-order valence-electron chi connectivity index (χ1n) is 12.7. The standard InChI is InChI=1S/C30H32O8/c1-4-12-35-20-7-8-21-23(15-20)28(22-9-6-19(33-2)16-25(22)36-13-11-31)29(30(32)34-3)27(21)18-5-10-24-26(14-18)38-17-37-24/h5-10,14-16,27-29,31H,4,11-13,17H2,1-3H3. The van der Waals surface area contributed by atoms with E-state index in [1.54, 1.807) is 13.2 Å². The number of fused-ring (bicyclic) bond motifs is 2. The third kappa shape index (κ3) is 4.72. The largest absolute Gasteiger partial charge is 0.497 e. The predicted octanol–water partition coefficient (Wildman–Crippen LogP) is 4.65. The highest BCUT2D eigenvalue weighted by atomic mass is 16.7. The number of carbonyl (C=O) groups is 1. The molecule has 1 N–H and O–H groups in total. The summed E-state index contributed by atoms with van der Waals surface area (Å²) in [5.41, 5.74) is 3.67. The molecule has 3 aromatic carbocycles. The van der Waals surface area contributed by atoms with Gasteiger partial charge in [0.05, 0.1) is 33.4 Å². The van der Waals surface area contributed by atoms with Gasteiger partial charge in [-0.3, -0.25) is 4.79 Å². The minimum absolute atomic E-state index is 0.105. The summed E-state index contributed by atoms with van der Waals surface area (Å²) in [6, 6.07) is 17.3. The van der Waals surface area contributed by atoms with Gasteiger partial charge >= 0.3 is 5.97 Å². The molecular weight excluding hydrogens is 488 g/mol. The van der Waals surface area contributed by atoms with Gasteiger partial charge in [0.2, 0.25) is 6.79 Å². The smallest absolute Gasteiger partial charge is 0.310 e. The van der Waals surface area contributed by atoms with Crippen molar-refractivity contribution in [1.29, 1.82) is 0 Å². The van der Waals surface area contributed by atoms with Crippen LogP contribution in [0.4, 0.5) is 0 Å². The Hall–Kier alpha value is -3.91. The van der Waals surface area contributed by atoms with Crippen LogP contribution >= 0.6 is 0 Å². The lowest BCUT2D eigenvalue weighted by molar-refractivity contribution is -0.146. The number of carbonyl (C=O) groups excluding carboxylic acids is 1. The van der Waals surface area contributed by atoms with Crippen LogP contribution in [0.25, 0.3) is 0 Å². The monoisotopic (exact) mass is 520 g/mol. The second-order valence-corrected chi connectivity index (χ2v) is 9.23. The Morgan fingerprint density at radius 3 is 2.42 bits per heavy atom. The molecular formula is C30H32O8. The SMILES string of the molecule is CCCOc1ccc2c(c1)C(c1ccc(OC)cc1OCCO)C(C(=O)OC)C2c1ccc2c(c1)OCO2. The molecule has 200 valence electrons. The number of hydrogen-bond acceptors (Lipinski definition) is 8. The Bertz CT molecular complexity index is 1300. The highest BCUT2D eigenvalue weighted by Crippen LogP contribution is 2.56. The minimum atomic E-state index is -0.596. The van der Waals surface area contributed by atoms with Gasteiger partial charge in [-0.1, -0.05) is 25.1 Å². The summed E-state index contributed by atoms with van der Waals surface area (Å²) in [6.45, 7) is 2.77. The van der Waals surface area contributed by atoms with Crippen molar-refractivity contribution in [2.45, 2.75) is 25.2 Å². The van der Waals surface area contributed by atoms with E-state index < -0.39 is 11.8 Å². The summed E-state index contributed by atoms with van der Waals surface area (Å²) < 4.78 is 33.9. The molecule has 8 heteroatoms. The summed E-state index contributed by atoms with van der Waals surface area (Å²) in [4.78, 5) is 13.6. The molecule has 0 spiro atoms. The minimum Gasteiger partial charge on any atom is -0.497 e. The molecule has 3 atom stereocenters. The van der Waals surface area contributed by atoms with E-state index in [9.17, 15) is 9.90 Å². The fourth-order valence-electron chi connectivity index (χ4n) is 5.44. The third-order valence-electron chi connectivity index (χ3n) is 7.05. The highest BCUT2D eigenvalue weighted by molar-refractivity contribution is 5.80. The zero-order valence-corrected chi connectivity index (χ0v) is 21.8. The number of hydrogen-bond donors (Lipinski definition) is 1. The Balaban J connectivity index is 1.70. The number of benzene rings is 3. The van der Waals surface area contributed by atoms with Gasteiger partial charge in [0, 0.05) is 23.5 Å². The number of aliphatic hydroxyl groups excluding tert-OH is 1. The number of aliphatic hydroxyl groups is 1. The highest BCUT2D eigenvalue weighted by Gasteiger charge is 2.48. The number of rotatable bonds is 10. The van der Waals surface area contributed by atoms with Gasteiger partial charge in [-0.25, -0.2) is 0 Å². The molecule has 8 nitrogen and oxygen atoms in total. The average Bonchev–Trinajstić information content (AvgIpc) is 3.56. The van der Waals surface area contributed by atoms with Crippen molar-refractivity contribution in [3.05, 3.63) is 76.9 Å². The molecule has 1 aliphatic heterocycles. The normalized spacial score (nSPS) is 19.1. The molecule has 3 unspecified atom stereocenters. The first kappa shape index (κ1) is 25.7. The van der Waals surface area contributed by atoms with Crippen molar-refractivity contribution in [3.8, 4) is 28.7 Å². The third-order valence-corrected chi connectivity index (χ3v) is 7.05. The van der Waals surface area contributed by atoms with Crippen molar-refractivity contribution in [2.75, 3.05) is 40.8 Å². The molecule has 38 heavy (non-hydrogen) atoms. The molecule has 0 aromatic heterocycles. The van der Waals surface area contributed by atoms with Crippen LogP contribution in [-0.2, 0) is 9.53 Å². The number of ether oxygens (including phenoxy) is 6. The molecule has 2 aliphatic rings. The van der Waals surface area contributed by atoms with Gasteiger partial charge in [-0.05, 0) is 53.4 Å². The topological polar surface area (TPSA) is 92.7 Å². The zero-order valence-electron chi connectivity index (χ0n) is 21.8. The number of methoxy groups -OCH3 is 2. The molecule has 5 rings (SSSR count). The van der Waals surface area contributed by atoms with Crippen LogP contribution in [0, 0.1) is 5.92 Å². The summed E-state index contributed by atoms with van der Waals surface area (Å²) in [6.07, 6.45) is 0.878. The second-order valence-electron chi connectivity index (χ2n) is 9.23. The zero-order chi connectivity index (χ0) is 26.6. The molecule has 0 saturated carbocycles. The van der Waals surface area contributed by atoms with Gasteiger partial charge < -0.3 is 33.5 Å². The molecule has 0 saturated heterocycles. The molecule has 0 bridgehead atoms. The maximum atomic E-state index is 13.6. The van der Waals surface area contributed by atoms with Crippen LogP contribution in [0.5, 0.6) is 28.7 Å². The van der Waals surface area contributed by atoms with Crippen molar-refractivity contribution in [3.63, 3.8) is 0 Å². The quantitative estimate of drug-likeness (QED) is 0.386. The second kappa shape index (κ2) is 11.2. The van der Waals surface area contributed by atoms with E-state index in [4.69, 9.17) is 28.4 Å². The lowest BCUT2D eigenvalue weighted by Gasteiger charge is -2.26. The fourth-order valence-corrected chi connectivity index (χ4v) is 5.44. The van der Waals surface area contributed by atoms with Crippen LogP contribution in [0.3, 0.4) is 0 Å². The van der Waals surface area contributed by atoms with Gasteiger partial charge in [-0.15, -0.1) is 0 Å². The summed E-state index contributed by atoms with van der Waals surface area (Å²) in [5, 5.41) is 9.46. The van der Waals surface area contributed by atoms with E-state index in [1.807, 2.05) is 48.5 Å². The molecule has 0 amide bonds. The van der Waals surface area contributed by atoms with Crippen LogP contribution in [-0.4, -0.2) is 51.9 Å². The van der Waals surface area contributed by atoms with Gasteiger partial charge in [0.1, 0.15) is 23.9 Å². The lowest BCUT2D eigenvalue weighted by Crippen LogP contribution is -2.26. The maximum Gasteiger partial charge on any atom is 0.310 e. The molecule has 0 radical (unpaired) electrons. The van der Waals surface area contributed by atoms with E-state index in [1.165, 1.54) is 7.11 Å². The van der Waals surface area contributed by atoms with E-state index in [-0.39, 0.29) is 31.9 Å². The molecule has 0 fully saturated rings. The van der Waals surface area contributed by atoms with Crippen LogP contribution in [0.1, 0.15) is 47.4 Å². The van der Waals surface area contributed by atoms with Crippen LogP contribution in [0.2, 0.25) is 0 Å².